The Morgan fingerprint density at radius 3 is 2.71 bits per heavy atom. The Morgan fingerprint density at radius 2 is 2.00 bits per heavy atom. The lowest BCUT2D eigenvalue weighted by molar-refractivity contribution is 0.0697. The fourth-order valence-electron chi connectivity index (χ4n) is 3.06. The van der Waals surface area contributed by atoms with Gasteiger partial charge in [0, 0.05) is 25.7 Å². The maximum Gasteiger partial charge on any atom is 0.335 e. The number of aromatic carboxylic acids is 1. The lowest BCUT2D eigenvalue weighted by Gasteiger charge is -2.21. The molecule has 1 aliphatic heterocycles. The van der Waals surface area contributed by atoms with Crippen LogP contribution < -0.4 is 15.0 Å². The molecule has 0 spiro atoms. The first kappa shape index (κ1) is 16.3. The smallest absolute Gasteiger partial charge is 0.335 e. The van der Waals surface area contributed by atoms with E-state index >= 15 is 0 Å². The zero-order chi connectivity index (χ0) is 16.9. The van der Waals surface area contributed by atoms with Crippen LogP contribution in [0.5, 0.6) is 5.75 Å². The van der Waals surface area contributed by atoms with E-state index in [1.54, 1.807) is 19.2 Å². The van der Waals surface area contributed by atoms with Gasteiger partial charge >= 0.3 is 5.97 Å². The summed E-state index contributed by atoms with van der Waals surface area (Å²) in [6.45, 7) is 2.67. The standard InChI is InChI=1S/C19H22N2O3/c1-24-18-5-3-2-4-17(18)21-11-10-16(13-21)20-12-14-6-8-15(9-7-14)19(22)23/h2-9,16,20H,10-13H2,1H3,(H,22,23). The number of rotatable bonds is 6. The summed E-state index contributed by atoms with van der Waals surface area (Å²) in [5.41, 5.74) is 2.55. The van der Waals surface area contributed by atoms with Gasteiger partial charge in [-0.25, -0.2) is 4.79 Å². The zero-order valence-corrected chi connectivity index (χ0v) is 13.7. The number of ether oxygens (including phenoxy) is 1. The van der Waals surface area contributed by atoms with Crippen LogP contribution in [0, 0.1) is 0 Å². The van der Waals surface area contributed by atoms with E-state index in [0.717, 1.165) is 43.1 Å². The highest BCUT2D eigenvalue weighted by molar-refractivity contribution is 5.87. The van der Waals surface area contributed by atoms with Gasteiger partial charge in [0.15, 0.2) is 0 Å². The molecule has 0 radical (unpaired) electrons. The summed E-state index contributed by atoms with van der Waals surface area (Å²) >= 11 is 0. The molecule has 0 aromatic heterocycles. The number of carboxylic acids is 1. The third kappa shape index (κ3) is 3.68. The van der Waals surface area contributed by atoms with Crippen molar-refractivity contribution in [3.05, 3.63) is 59.7 Å². The molecule has 24 heavy (non-hydrogen) atoms. The van der Waals surface area contributed by atoms with Crippen LogP contribution in [0.25, 0.3) is 0 Å². The van der Waals surface area contributed by atoms with Gasteiger partial charge in [0.25, 0.3) is 0 Å². The van der Waals surface area contributed by atoms with Crippen LogP contribution in [0.3, 0.4) is 0 Å². The van der Waals surface area contributed by atoms with Crippen molar-refractivity contribution in [2.45, 2.75) is 19.0 Å². The second-order valence-corrected chi connectivity index (χ2v) is 5.99. The molecule has 0 amide bonds. The lowest BCUT2D eigenvalue weighted by atomic mass is 10.1. The highest BCUT2D eigenvalue weighted by atomic mass is 16.5. The van der Waals surface area contributed by atoms with Crippen molar-refractivity contribution in [1.29, 1.82) is 0 Å². The van der Waals surface area contributed by atoms with Gasteiger partial charge in [0.2, 0.25) is 0 Å². The monoisotopic (exact) mass is 326 g/mol. The Hall–Kier alpha value is -2.53. The Labute approximate surface area is 141 Å². The summed E-state index contributed by atoms with van der Waals surface area (Å²) in [6, 6.07) is 15.5. The van der Waals surface area contributed by atoms with Crippen LogP contribution in [-0.2, 0) is 6.54 Å². The lowest BCUT2D eigenvalue weighted by Crippen LogP contribution is -2.32. The summed E-state index contributed by atoms with van der Waals surface area (Å²) < 4.78 is 5.44. The molecule has 0 bridgehead atoms. The molecule has 1 heterocycles. The summed E-state index contributed by atoms with van der Waals surface area (Å²) in [5.74, 6) is 0.0140. The molecule has 2 aromatic rings. The number of benzene rings is 2. The molecule has 5 nitrogen and oxygen atoms in total. The van der Waals surface area contributed by atoms with E-state index < -0.39 is 5.97 Å². The summed E-state index contributed by atoms with van der Waals surface area (Å²) in [5, 5.41) is 12.5. The quantitative estimate of drug-likeness (QED) is 0.855. The van der Waals surface area contributed by atoms with Gasteiger partial charge in [-0.1, -0.05) is 24.3 Å². The number of nitrogens with zero attached hydrogens (tertiary/aromatic N) is 1. The summed E-state index contributed by atoms with van der Waals surface area (Å²) in [4.78, 5) is 13.2. The van der Waals surface area contributed by atoms with Gasteiger partial charge in [0.1, 0.15) is 5.75 Å². The minimum absolute atomic E-state index is 0.321. The molecular formula is C19H22N2O3. The van der Waals surface area contributed by atoms with Gasteiger partial charge in [-0.3, -0.25) is 0 Å². The van der Waals surface area contributed by atoms with Gasteiger partial charge in [-0.05, 0) is 36.2 Å². The molecule has 1 unspecified atom stereocenters. The third-order valence-corrected chi connectivity index (χ3v) is 4.41. The number of hydrogen-bond donors (Lipinski definition) is 2. The minimum Gasteiger partial charge on any atom is -0.495 e. The Balaban J connectivity index is 1.55. The highest BCUT2D eigenvalue weighted by Gasteiger charge is 2.24. The van der Waals surface area contributed by atoms with Crippen molar-refractivity contribution < 1.29 is 14.6 Å². The molecule has 0 saturated carbocycles. The minimum atomic E-state index is -0.891. The van der Waals surface area contributed by atoms with Crippen molar-refractivity contribution >= 4 is 11.7 Å². The fourth-order valence-corrected chi connectivity index (χ4v) is 3.06. The molecular weight excluding hydrogens is 304 g/mol. The second-order valence-electron chi connectivity index (χ2n) is 5.99. The number of para-hydroxylation sites is 2. The van der Waals surface area contributed by atoms with Gasteiger partial charge in [-0.2, -0.15) is 0 Å². The van der Waals surface area contributed by atoms with E-state index in [-0.39, 0.29) is 0 Å². The first-order valence-corrected chi connectivity index (χ1v) is 8.11. The van der Waals surface area contributed by atoms with Crippen molar-refractivity contribution in [2.24, 2.45) is 0 Å². The topological polar surface area (TPSA) is 61.8 Å². The van der Waals surface area contributed by atoms with E-state index in [1.807, 2.05) is 30.3 Å². The number of anilines is 1. The van der Waals surface area contributed by atoms with Gasteiger partial charge in [-0.15, -0.1) is 0 Å². The van der Waals surface area contributed by atoms with Crippen LogP contribution in [-0.4, -0.2) is 37.3 Å². The normalized spacial score (nSPS) is 17.0. The van der Waals surface area contributed by atoms with Crippen LogP contribution in [0.1, 0.15) is 22.3 Å². The van der Waals surface area contributed by atoms with Crippen LogP contribution >= 0.6 is 0 Å². The maximum atomic E-state index is 10.9. The van der Waals surface area contributed by atoms with Crippen molar-refractivity contribution in [2.75, 3.05) is 25.1 Å². The SMILES string of the molecule is COc1ccccc1N1CCC(NCc2ccc(C(=O)O)cc2)C1. The van der Waals surface area contributed by atoms with Crippen LogP contribution in [0.2, 0.25) is 0 Å². The predicted octanol–water partition coefficient (Wildman–Crippen LogP) is 2.76. The predicted molar refractivity (Wildman–Crippen MR) is 93.9 cm³/mol. The molecule has 2 N–H and O–H groups in total. The Bertz CT molecular complexity index is 700. The third-order valence-electron chi connectivity index (χ3n) is 4.41. The summed E-state index contributed by atoms with van der Waals surface area (Å²) in [6.07, 6.45) is 1.07. The van der Waals surface area contributed by atoms with E-state index in [0.29, 0.717) is 11.6 Å². The first-order chi connectivity index (χ1) is 11.7. The van der Waals surface area contributed by atoms with Gasteiger partial charge in [0.05, 0.1) is 18.4 Å². The highest BCUT2D eigenvalue weighted by Crippen LogP contribution is 2.30. The molecule has 2 aromatic carbocycles. The number of hydrogen-bond acceptors (Lipinski definition) is 4. The van der Waals surface area contributed by atoms with Crippen molar-refractivity contribution in [3.63, 3.8) is 0 Å². The first-order valence-electron chi connectivity index (χ1n) is 8.11. The fraction of sp³-hybridized carbons (Fsp3) is 0.316. The molecule has 5 heteroatoms. The molecule has 1 fully saturated rings. The molecule has 1 atom stereocenters. The van der Waals surface area contributed by atoms with E-state index in [1.165, 1.54) is 0 Å². The van der Waals surface area contributed by atoms with E-state index in [9.17, 15) is 4.79 Å². The number of carboxylic acid groups (broad SMARTS) is 1. The number of methoxy groups -OCH3 is 1. The Kier molecular flexibility index (Phi) is 5.01. The average molecular weight is 326 g/mol. The zero-order valence-electron chi connectivity index (χ0n) is 13.7. The second kappa shape index (κ2) is 7.36. The molecule has 3 rings (SSSR count). The molecule has 1 saturated heterocycles. The van der Waals surface area contributed by atoms with Crippen molar-refractivity contribution in [3.8, 4) is 5.75 Å². The van der Waals surface area contributed by atoms with Crippen LogP contribution in [0.4, 0.5) is 5.69 Å². The van der Waals surface area contributed by atoms with Crippen molar-refractivity contribution in [1.82, 2.24) is 5.32 Å². The maximum absolute atomic E-state index is 10.9. The molecule has 126 valence electrons. The van der Waals surface area contributed by atoms with E-state index in [4.69, 9.17) is 9.84 Å². The number of carbonyl (C=O) groups is 1. The van der Waals surface area contributed by atoms with Gasteiger partial charge < -0.3 is 20.1 Å². The van der Waals surface area contributed by atoms with Crippen LogP contribution in [0.15, 0.2) is 48.5 Å². The summed E-state index contributed by atoms with van der Waals surface area (Å²) in [7, 11) is 1.70. The Morgan fingerprint density at radius 1 is 1.25 bits per heavy atom. The molecule has 0 aliphatic carbocycles. The largest absolute Gasteiger partial charge is 0.495 e. The number of nitrogens with one attached hydrogen (secondary N) is 1. The average Bonchev–Trinajstić information content (AvgIpc) is 3.09. The molecule has 1 aliphatic rings. The van der Waals surface area contributed by atoms with E-state index in [2.05, 4.69) is 16.3 Å².